The summed E-state index contributed by atoms with van der Waals surface area (Å²) < 4.78 is 4.59. The second-order valence-corrected chi connectivity index (χ2v) is 14.0. The molecule has 11 aromatic rings. The van der Waals surface area contributed by atoms with Crippen LogP contribution in [0.2, 0.25) is 0 Å². The molecule has 0 radical (unpaired) electrons. The topological polar surface area (TPSA) is 61.4 Å². The van der Waals surface area contributed by atoms with Crippen LogP contribution in [0.4, 0.5) is 0 Å². The molecule has 0 saturated heterocycles. The van der Waals surface area contributed by atoms with Crippen LogP contribution < -0.4 is 0 Å². The zero-order chi connectivity index (χ0) is 37.0. The second kappa shape index (κ2) is 13.0. The van der Waals surface area contributed by atoms with Gasteiger partial charge >= 0.3 is 0 Å². The SMILES string of the molecule is c1ccc(-c2nc(-c3ccccc3)nc(-c3ccc(-n4c5ccccc5c5cc(-c6ccc7c(c6)c6ccccc6n7-c6ccccc6)cnc54)cc3)n2)cc1. The van der Waals surface area contributed by atoms with Gasteiger partial charge in [0.2, 0.25) is 0 Å². The van der Waals surface area contributed by atoms with Crippen LogP contribution in [0.3, 0.4) is 0 Å². The molecule has 0 spiro atoms. The van der Waals surface area contributed by atoms with Gasteiger partial charge in [-0.05, 0) is 72.3 Å². The summed E-state index contributed by atoms with van der Waals surface area (Å²) in [5.41, 5.74) is 11.5. The summed E-state index contributed by atoms with van der Waals surface area (Å²) in [7, 11) is 0. The van der Waals surface area contributed by atoms with Crippen LogP contribution in [-0.2, 0) is 0 Å². The third kappa shape index (κ3) is 5.27. The van der Waals surface area contributed by atoms with Crippen molar-refractivity contribution in [1.29, 1.82) is 0 Å². The minimum Gasteiger partial charge on any atom is -0.309 e. The quantitative estimate of drug-likeness (QED) is 0.172. The molecule has 0 N–H and O–H groups in total. The van der Waals surface area contributed by atoms with Crippen molar-refractivity contribution in [3.63, 3.8) is 0 Å². The Bertz CT molecular complexity index is 3160. The highest BCUT2D eigenvalue weighted by molar-refractivity contribution is 6.12. The molecule has 0 aliphatic rings. The molecule has 0 amide bonds. The van der Waals surface area contributed by atoms with Crippen LogP contribution in [-0.4, -0.2) is 29.1 Å². The lowest BCUT2D eigenvalue weighted by molar-refractivity contribution is 1.07. The molecule has 56 heavy (non-hydrogen) atoms. The summed E-state index contributed by atoms with van der Waals surface area (Å²) in [6.07, 6.45) is 2.00. The third-order valence-corrected chi connectivity index (χ3v) is 10.6. The predicted molar refractivity (Wildman–Crippen MR) is 228 cm³/mol. The number of pyridine rings is 1. The maximum absolute atomic E-state index is 5.16. The van der Waals surface area contributed by atoms with Crippen molar-refractivity contribution in [3.8, 4) is 56.7 Å². The summed E-state index contributed by atoms with van der Waals surface area (Å²) in [6, 6.07) is 65.4. The van der Waals surface area contributed by atoms with E-state index in [0.717, 1.165) is 61.1 Å². The summed E-state index contributed by atoms with van der Waals surface area (Å²) in [5.74, 6) is 1.90. The molecule has 262 valence electrons. The lowest BCUT2D eigenvalue weighted by Crippen LogP contribution is -2.00. The molecule has 11 rings (SSSR count). The van der Waals surface area contributed by atoms with Crippen LogP contribution in [0, 0.1) is 0 Å². The third-order valence-electron chi connectivity index (χ3n) is 10.6. The maximum atomic E-state index is 5.16. The van der Waals surface area contributed by atoms with Crippen LogP contribution in [0.1, 0.15) is 0 Å². The first-order valence-corrected chi connectivity index (χ1v) is 18.7. The number of para-hydroxylation sites is 3. The van der Waals surface area contributed by atoms with E-state index in [4.69, 9.17) is 19.9 Å². The Labute approximate surface area is 322 Å². The molecule has 0 fully saturated rings. The highest BCUT2D eigenvalue weighted by Crippen LogP contribution is 2.38. The first-order valence-electron chi connectivity index (χ1n) is 18.7. The Morgan fingerprint density at radius 2 is 0.750 bits per heavy atom. The minimum atomic E-state index is 0.623. The number of fused-ring (bicyclic) bond motifs is 6. The number of rotatable bonds is 6. The molecule has 4 heterocycles. The van der Waals surface area contributed by atoms with E-state index in [0.29, 0.717) is 17.5 Å². The van der Waals surface area contributed by atoms with Crippen molar-refractivity contribution in [3.05, 3.63) is 194 Å². The highest BCUT2D eigenvalue weighted by Gasteiger charge is 2.18. The van der Waals surface area contributed by atoms with Gasteiger partial charge in [0, 0.05) is 61.4 Å². The van der Waals surface area contributed by atoms with E-state index in [1.54, 1.807) is 0 Å². The van der Waals surface area contributed by atoms with Gasteiger partial charge < -0.3 is 4.57 Å². The molecule has 7 aromatic carbocycles. The zero-order valence-corrected chi connectivity index (χ0v) is 30.2. The van der Waals surface area contributed by atoms with E-state index in [2.05, 4.69) is 137 Å². The Morgan fingerprint density at radius 1 is 0.304 bits per heavy atom. The monoisotopic (exact) mass is 716 g/mol. The second-order valence-electron chi connectivity index (χ2n) is 14.0. The Hall–Kier alpha value is -7.70. The predicted octanol–water partition coefficient (Wildman–Crippen LogP) is 12.1. The van der Waals surface area contributed by atoms with Crippen LogP contribution in [0.15, 0.2) is 194 Å². The van der Waals surface area contributed by atoms with Crippen molar-refractivity contribution in [2.45, 2.75) is 0 Å². The van der Waals surface area contributed by atoms with Crippen LogP contribution in [0.5, 0.6) is 0 Å². The average Bonchev–Trinajstić information content (AvgIpc) is 3.79. The van der Waals surface area contributed by atoms with Gasteiger partial charge in [-0.3, -0.25) is 4.57 Å². The Kier molecular flexibility index (Phi) is 7.38. The molecule has 6 nitrogen and oxygen atoms in total. The maximum Gasteiger partial charge on any atom is 0.164 e. The van der Waals surface area contributed by atoms with Crippen molar-refractivity contribution in [2.75, 3.05) is 0 Å². The van der Waals surface area contributed by atoms with E-state index in [9.17, 15) is 0 Å². The van der Waals surface area contributed by atoms with Gasteiger partial charge in [-0.1, -0.05) is 121 Å². The largest absolute Gasteiger partial charge is 0.309 e. The number of hydrogen-bond donors (Lipinski definition) is 0. The lowest BCUT2D eigenvalue weighted by Gasteiger charge is -2.10. The van der Waals surface area contributed by atoms with E-state index < -0.39 is 0 Å². The normalized spacial score (nSPS) is 11.6. The van der Waals surface area contributed by atoms with Crippen molar-refractivity contribution in [1.82, 2.24) is 29.1 Å². The van der Waals surface area contributed by atoms with Gasteiger partial charge in [0.15, 0.2) is 17.5 Å². The summed E-state index contributed by atoms with van der Waals surface area (Å²) >= 11 is 0. The van der Waals surface area contributed by atoms with Crippen molar-refractivity contribution in [2.24, 2.45) is 0 Å². The van der Waals surface area contributed by atoms with E-state index in [1.807, 2.05) is 66.9 Å². The van der Waals surface area contributed by atoms with Gasteiger partial charge in [0.25, 0.3) is 0 Å². The number of benzene rings is 7. The fourth-order valence-corrected chi connectivity index (χ4v) is 7.97. The summed E-state index contributed by atoms with van der Waals surface area (Å²) in [6.45, 7) is 0. The van der Waals surface area contributed by atoms with Gasteiger partial charge in [-0.15, -0.1) is 0 Å². The van der Waals surface area contributed by atoms with Gasteiger partial charge in [0.1, 0.15) is 5.65 Å². The molecule has 6 heteroatoms. The Balaban J connectivity index is 1.01. The minimum absolute atomic E-state index is 0.623. The zero-order valence-electron chi connectivity index (χ0n) is 30.2. The number of aromatic nitrogens is 6. The fourth-order valence-electron chi connectivity index (χ4n) is 7.97. The molecule has 0 aliphatic carbocycles. The standard InChI is InChI=1S/C50H32N6/c1-4-14-33(15-5-1)47-52-48(34-16-6-2-7-17-34)54-49(53-47)35-24-27-39(28-25-35)56-45-23-13-11-21-41(45)43-31-37(32-51-50(43)56)36-26-29-46-42(30-36)40-20-10-12-22-44(40)55(46)38-18-8-3-9-19-38/h1-32H. The van der Waals surface area contributed by atoms with E-state index in [1.165, 1.54) is 21.8 Å². The van der Waals surface area contributed by atoms with Crippen LogP contribution in [0.25, 0.3) is 100 Å². The first-order chi connectivity index (χ1) is 27.8. The molecule has 0 aliphatic heterocycles. The molecular weight excluding hydrogens is 685 g/mol. The van der Waals surface area contributed by atoms with Gasteiger partial charge in [-0.2, -0.15) is 0 Å². The average molecular weight is 717 g/mol. The molecule has 0 unspecified atom stereocenters. The first kappa shape index (κ1) is 31.8. The molecule has 0 bridgehead atoms. The molecule has 4 aromatic heterocycles. The summed E-state index contributed by atoms with van der Waals surface area (Å²) in [5, 5.41) is 4.70. The van der Waals surface area contributed by atoms with E-state index >= 15 is 0 Å². The van der Waals surface area contributed by atoms with Crippen LogP contribution >= 0.6 is 0 Å². The number of nitrogens with zero attached hydrogens (tertiary/aromatic N) is 6. The van der Waals surface area contributed by atoms with Gasteiger partial charge in [0.05, 0.1) is 16.6 Å². The van der Waals surface area contributed by atoms with Crippen molar-refractivity contribution < 1.29 is 0 Å². The Morgan fingerprint density at radius 3 is 1.38 bits per heavy atom. The number of hydrogen-bond acceptors (Lipinski definition) is 4. The molecular formula is C50H32N6. The summed E-state index contributed by atoms with van der Waals surface area (Å²) in [4.78, 5) is 19.9. The van der Waals surface area contributed by atoms with Gasteiger partial charge in [-0.25, -0.2) is 19.9 Å². The smallest absolute Gasteiger partial charge is 0.164 e. The van der Waals surface area contributed by atoms with E-state index in [-0.39, 0.29) is 0 Å². The lowest BCUT2D eigenvalue weighted by atomic mass is 10.0. The van der Waals surface area contributed by atoms with Crippen molar-refractivity contribution >= 4 is 43.7 Å². The fraction of sp³-hybridized carbons (Fsp3) is 0. The molecule has 0 saturated carbocycles. The highest BCUT2D eigenvalue weighted by atomic mass is 15.1. The molecule has 0 atom stereocenters.